The molecule has 0 spiro atoms. The zero-order chi connectivity index (χ0) is 11.8. The fourth-order valence-corrected chi connectivity index (χ4v) is 2.47. The lowest BCUT2D eigenvalue weighted by Crippen LogP contribution is -2.42. The third-order valence-corrected chi connectivity index (χ3v) is 3.59. The molecule has 96 valence electrons. The number of nitrogens with zero attached hydrogens (tertiary/aromatic N) is 1. The number of rotatable bonds is 7. The van der Waals surface area contributed by atoms with Gasteiger partial charge in [-0.25, -0.2) is 0 Å². The molecule has 0 aromatic rings. The molecule has 1 rings (SSSR count). The number of ether oxygens (including phenoxy) is 1. The molecule has 1 saturated heterocycles. The molecule has 0 amide bonds. The van der Waals surface area contributed by atoms with Gasteiger partial charge in [0.15, 0.2) is 0 Å². The van der Waals surface area contributed by atoms with Gasteiger partial charge in [0.25, 0.3) is 0 Å². The lowest BCUT2D eigenvalue weighted by Gasteiger charge is -2.32. The molecule has 3 heteroatoms. The van der Waals surface area contributed by atoms with Crippen LogP contribution in [0.2, 0.25) is 0 Å². The molecule has 0 saturated carbocycles. The Labute approximate surface area is 100 Å². The summed E-state index contributed by atoms with van der Waals surface area (Å²) in [5, 5.41) is 0. The molecule has 2 atom stereocenters. The Morgan fingerprint density at radius 3 is 2.88 bits per heavy atom. The van der Waals surface area contributed by atoms with Gasteiger partial charge in [-0.1, -0.05) is 19.8 Å². The van der Waals surface area contributed by atoms with E-state index in [4.69, 9.17) is 10.5 Å². The molecule has 0 bridgehead atoms. The van der Waals surface area contributed by atoms with Crippen LogP contribution in [0.1, 0.15) is 39.0 Å². The van der Waals surface area contributed by atoms with Crippen LogP contribution in [0.15, 0.2) is 0 Å². The molecule has 1 fully saturated rings. The maximum absolute atomic E-state index is 5.85. The second-order valence-electron chi connectivity index (χ2n) is 5.05. The summed E-state index contributed by atoms with van der Waals surface area (Å²) in [6.45, 7) is 6.06. The number of unbranched alkanes of at least 4 members (excludes halogenated alkanes) is 1. The van der Waals surface area contributed by atoms with Crippen LogP contribution >= 0.6 is 0 Å². The normalized spacial score (nSPS) is 23.6. The van der Waals surface area contributed by atoms with E-state index in [1.165, 1.54) is 32.1 Å². The average molecular weight is 228 g/mol. The molecule has 1 aliphatic heterocycles. The summed E-state index contributed by atoms with van der Waals surface area (Å²) in [6.07, 6.45) is 6.32. The van der Waals surface area contributed by atoms with E-state index in [1.807, 2.05) is 0 Å². The highest BCUT2D eigenvalue weighted by Crippen LogP contribution is 2.16. The second kappa shape index (κ2) is 8.04. The molecule has 0 radical (unpaired) electrons. The highest BCUT2D eigenvalue weighted by Gasteiger charge is 2.19. The van der Waals surface area contributed by atoms with Crippen molar-refractivity contribution in [2.45, 2.75) is 45.1 Å². The first kappa shape index (κ1) is 13.9. The van der Waals surface area contributed by atoms with Crippen molar-refractivity contribution >= 4 is 0 Å². The first-order valence-corrected chi connectivity index (χ1v) is 6.76. The van der Waals surface area contributed by atoms with Gasteiger partial charge in [0.05, 0.1) is 6.61 Å². The van der Waals surface area contributed by atoms with Gasteiger partial charge in [-0.2, -0.15) is 0 Å². The molecule has 16 heavy (non-hydrogen) atoms. The number of hydrogen-bond acceptors (Lipinski definition) is 3. The Morgan fingerprint density at radius 2 is 2.31 bits per heavy atom. The fourth-order valence-electron chi connectivity index (χ4n) is 2.47. The van der Waals surface area contributed by atoms with Crippen LogP contribution < -0.4 is 5.73 Å². The number of nitrogens with two attached hydrogens (primary N) is 1. The van der Waals surface area contributed by atoms with Gasteiger partial charge in [-0.3, -0.25) is 0 Å². The molecule has 3 nitrogen and oxygen atoms in total. The van der Waals surface area contributed by atoms with Crippen LogP contribution in [0.4, 0.5) is 0 Å². The van der Waals surface area contributed by atoms with Crippen molar-refractivity contribution in [3.8, 4) is 0 Å². The average Bonchev–Trinajstić information content (AvgIpc) is 2.31. The van der Waals surface area contributed by atoms with E-state index in [1.54, 1.807) is 0 Å². The van der Waals surface area contributed by atoms with Gasteiger partial charge in [0.1, 0.15) is 0 Å². The number of likely N-dealkylation sites (N-methyl/N-ethyl adjacent to an activating group) is 1. The lowest BCUT2D eigenvalue weighted by molar-refractivity contribution is 0.0359. The van der Waals surface area contributed by atoms with E-state index < -0.39 is 0 Å². The minimum Gasteiger partial charge on any atom is -0.381 e. The molecule has 2 unspecified atom stereocenters. The van der Waals surface area contributed by atoms with E-state index in [9.17, 15) is 0 Å². The largest absolute Gasteiger partial charge is 0.381 e. The van der Waals surface area contributed by atoms with Crippen LogP contribution in [0.5, 0.6) is 0 Å². The summed E-state index contributed by atoms with van der Waals surface area (Å²) in [4.78, 5) is 2.44. The second-order valence-corrected chi connectivity index (χ2v) is 5.05. The first-order valence-electron chi connectivity index (χ1n) is 6.76. The van der Waals surface area contributed by atoms with Crippen LogP contribution in [-0.4, -0.2) is 44.3 Å². The van der Waals surface area contributed by atoms with Crippen molar-refractivity contribution in [2.24, 2.45) is 11.7 Å². The van der Waals surface area contributed by atoms with E-state index in [0.29, 0.717) is 6.04 Å². The van der Waals surface area contributed by atoms with Gasteiger partial charge >= 0.3 is 0 Å². The van der Waals surface area contributed by atoms with E-state index in [2.05, 4.69) is 18.9 Å². The van der Waals surface area contributed by atoms with Crippen molar-refractivity contribution in [1.82, 2.24) is 4.90 Å². The summed E-state index contributed by atoms with van der Waals surface area (Å²) in [5.41, 5.74) is 5.85. The molecular weight excluding hydrogens is 200 g/mol. The monoisotopic (exact) mass is 228 g/mol. The van der Waals surface area contributed by atoms with Crippen molar-refractivity contribution < 1.29 is 4.74 Å². The van der Waals surface area contributed by atoms with Crippen LogP contribution in [-0.2, 0) is 4.74 Å². The quantitative estimate of drug-likeness (QED) is 0.723. The molecule has 2 N–H and O–H groups in total. The lowest BCUT2D eigenvalue weighted by atomic mass is 10.00. The predicted octanol–water partition coefficient (Wildman–Crippen LogP) is 1.86. The first-order chi connectivity index (χ1) is 7.77. The van der Waals surface area contributed by atoms with Crippen LogP contribution in [0.3, 0.4) is 0 Å². The van der Waals surface area contributed by atoms with Crippen molar-refractivity contribution in [3.63, 3.8) is 0 Å². The third-order valence-electron chi connectivity index (χ3n) is 3.59. The Bertz CT molecular complexity index is 169. The van der Waals surface area contributed by atoms with Gasteiger partial charge < -0.3 is 15.4 Å². The van der Waals surface area contributed by atoms with E-state index in [0.717, 1.165) is 32.2 Å². The topological polar surface area (TPSA) is 38.5 Å². The SMILES string of the molecule is CCCCC(CN)N(C)CC1CCCOC1. The van der Waals surface area contributed by atoms with Gasteiger partial charge in [-0.05, 0) is 32.2 Å². The third kappa shape index (κ3) is 4.81. The molecule has 1 aliphatic rings. The molecule has 0 aromatic carbocycles. The smallest absolute Gasteiger partial charge is 0.0506 e. The highest BCUT2D eigenvalue weighted by molar-refractivity contribution is 4.74. The Balaban J connectivity index is 2.26. The summed E-state index contributed by atoms with van der Waals surface area (Å²) < 4.78 is 5.52. The van der Waals surface area contributed by atoms with Crippen LogP contribution in [0.25, 0.3) is 0 Å². The number of hydrogen-bond donors (Lipinski definition) is 1. The van der Waals surface area contributed by atoms with Crippen molar-refractivity contribution in [1.29, 1.82) is 0 Å². The molecular formula is C13H28N2O. The Kier molecular flexibility index (Phi) is 7.01. The van der Waals surface area contributed by atoms with E-state index in [-0.39, 0.29) is 0 Å². The van der Waals surface area contributed by atoms with Crippen molar-refractivity contribution in [2.75, 3.05) is 33.4 Å². The van der Waals surface area contributed by atoms with Gasteiger partial charge in [0.2, 0.25) is 0 Å². The van der Waals surface area contributed by atoms with Gasteiger partial charge in [0, 0.05) is 25.7 Å². The molecule has 0 aliphatic carbocycles. The maximum Gasteiger partial charge on any atom is 0.0506 e. The highest BCUT2D eigenvalue weighted by atomic mass is 16.5. The summed E-state index contributed by atoms with van der Waals surface area (Å²) in [5.74, 6) is 0.717. The van der Waals surface area contributed by atoms with Crippen LogP contribution in [0, 0.1) is 5.92 Å². The standard InChI is InChI=1S/C13H28N2O/c1-3-4-7-13(9-14)15(2)10-12-6-5-8-16-11-12/h12-13H,3-11,14H2,1-2H3. The van der Waals surface area contributed by atoms with Crippen molar-refractivity contribution in [3.05, 3.63) is 0 Å². The zero-order valence-electron chi connectivity index (χ0n) is 11.0. The predicted molar refractivity (Wildman–Crippen MR) is 68.5 cm³/mol. The van der Waals surface area contributed by atoms with E-state index >= 15 is 0 Å². The minimum atomic E-state index is 0.557. The molecule has 1 heterocycles. The summed E-state index contributed by atoms with van der Waals surface area (Å²) in [7, 11) is 2.21. The molecule has 0 aromatic heterocycles. The summed E-state index contributed by atoms with van der Waals surface area (Å²) in [6, 6.07) is 0.557. The zero-order valence-corrected chi connectivity index (χ0v) is 11.0. The maximum atomic E-state index is 5.85. The Morgan fingerprint density at radius 1 is 1.50 bits per heavy atom. The minimum absolute atomic E-state index is 0.557. The Hall–Kier alpha value is -0.120. The van der Waals surface area contributed by atoms with Gasteiger partial charge in [-0.15, -0.1) is 0 Å². The fraction of sp³-hybridized carbons (Fsp3) is 1.00. The summed E-state index contributed by atoms with van der Waals surface area (Å²) >= 11 is 0.